The first-order valence-electron chi connectivity index (χ1n) is 7.79. The second kappa shape index (κ2) is 7.18. The highest BCUT2D eigenvalue weighted by molar-refractivity contribution is 5.48. The van der Waals surface area contributed by atoms with Gasteiger partial charge in [0, 0.05) is 44.5 Å². The van der Waals surface area contributed by atoms with Gasteiger partial charge in [-0.1, -0.05) is 42.5 Å². The molecule has 2 heterocycles. The molecule has 0 aliphatic carbocycles. The predicted octanol–water partition coefficient (Wildman–Crippen LogP) is 2.62. The van der Waals surface area contributed by atoms with Crippen LogP contribution in [0.4, 0.5) is 5.82 Å². The third-order valence-corrected chi connectivity index (χ3v) is 3.96. The molecule has 0 unspecified atom stereocenters. The first-order valence-corrected chi connectivity index (χ1v) is 7.79. The van der Waals surface area contributed by atoms with Crippen molar-refractivity contribution in [3.8, 4) is 0 Å². The summed E-state index contributed by atoms with van der Waals surface area (Å²) >= 11 is 0. The molecule has 1 aliphatic rings. The van der Waals surface area contributed by atoms with Gasteiger partial charge in [0.1, 0.15) is 12.1 Å². The van der Waals surface area contributed by atoms with Gasteiger partial charge in [-0.3, -0.25) is 4.90 Å². The number of rotatable bonds is 4. The Bertz CT molecular complexity index is 616. The molecule has 1 aliphatic heterocycles. The minimum absolute atomic E-state index is 1.01. The van der Waals surface area contributed by atoms with Gasteiger partial charge in [0.15, 0.2) is 0 Å². The summed E-state index contributed by atoms with van der Waals surface area (Å²) in [6, 6.07) is 12.5. The molecular weight excluding hydrogens is 272 g/mol. The van der Waals surface area contributed by atoms with Crippen LogP contribution in [-0.2, 0) is 0 Å². The predicted molar refractivity (Wildman–Crippen MR) is 90.9 cm³/mol. The van der Waals surface area contributed by atoms with E-state index in [1.54, 1.807) is 6.33 Å². The van der Waals surface area contributed by atoms with Gasteiger partial charge in [-0.2, -0.15) is 0 Å². The number of aryl methyl sites for hydroxylation is 1. The second-order valence-electron chi connectivity index (χ2n) is 5.62. The van der Waals surface area contributed by atoms with Gasteiger partial charge in [-0.25, -0.2) is 9.97 Å². The minimum Gasteiger partial charge on any atom is -0.354 e. The van der Waals surface area contributed by atoms with E-state index < -0.39 is 0 Å². The normalized spacial score (nSPS) is 16.3. The van der Waals surface area contributed by atoms with E-state index in [2.05, 4.69) is 62.3 Å². The van der Waals surface area contributed by atoms with Crippen molar-refractivity contribution in [3.05, 3.63) is 60.1 Å². The third-order valence-electron chi connectivity index (χ3n) is 3.96. The van der Waals surface area contributed by atoms with Gasteiger partial charge in [0.05, 0.1) is 0 Å². The van der Waals surface area contributed by atoms with E-state index >= 15 is 0 Å². The number of piperazine rings is 1. The highest BCUT2D eigenvalue weighted by atomic mass is 15.3. The van der Waals surface area contributed by atoms with E-state index in [0.717, 1.165) is 44.2 Å². The second-order valence-corrected chi connectivity index (χ2v) is 5.62. The van der Waals surface area contributed by atoms with Gasteiger partial charge in [0.2, 0.25) is 0 Å². The molecule has 0 spiro atoms. The highest BCUT2D eigenvalue weighted by Crippen LogP contribution is 2.13. The molecule has 0 amide bonds. The SMILES string of the molecule is Cc1cc(N2CCN(CC=Cc3ccccc3)CC2)ncn1. The molecule has 1 saturated heterocycles. The molecule has 1 fully saturated rings. The molecule has 3 rings (SSSR count). The molecule has 4 heteroatoms. The maximum atomic E-state index is 4.37. The van der Waals surface area contributed by atoms with E-state index in [9.17, 15) is 0 Å². The van der Waals surface area contributed by atoms with Crippen molar-refractivity contribution in [1.29, 1.82) is 0 Å². The van der Waals surface area contributed by atoms with Crippen LogP contribution in [0.2, 0.25) is 0 Å². The largest absolute Gasteiger partial charge is 0.354 e. The van der Waals surface area contributed by atoms with Gasteiger partial charge >= 0.3 is 0 Å². The number of nitrogens with zero attached hydrogens (tertiary/aromatic N) is 4. The lowest BCUT2D eigenvalue weighted by Crippen LogP contribution is -2.46. The van der Waals surface area contributed by atoms with Crippen LogP contribution in [0.3, 0.4) is 0 Å². The number of hydrogen-bond donors (Lipinski definition) is 0. The summed E-state index contributed by atoms with van der Waals surface area (Å²) in [5.74, 6) is 1.05. The zero-order valence-corrected chi connectivity index (χ0v) is 13.0. The molecule has 0 saturated carbocycles. The van der Waals surface area contributed by atoms with Crippen LogP contribution in [0.1, 0.15) is 11.3 Å². The van der Waals surface area contributed by atoms with Crippen LogP contribution in [-0.4, -0.2) is 47.6 Å². The lowest BCUT2D eigenvalue weighted by molar-refractivity contribution is 0.283. The van der Waals surface area contributed by atoms with Crippen molar-refractivity contribution < 1.29 is 0 Å². The molecule has 0 radical (unpaired) electrons. The summed E-state index contributed by atoms with van der Waals surface area (Å²) in [5.41, 5.74) is 2.29. The molecule has 2 aromatic rings. The molecule has 0 N–H and O–H groups in total. The first kappa shape index (κ1) is 14.7. The maximum Gasteiger partial charge on any atom is 0.132 e. The minimum atomic E-state index is 1.01. The van der Waals surface area contributed by atoms with E-state index in [4.69, 9.17) is 0 Å². The fourth-order valence-electron chi connectivity index (χ4n) is 2.67. The van der Waals surface area contributed by atoms with Crippen molar-refractivity contribution in [1.82, 2.24) is 14.9 Å². The smallest absolute Gasteiger partial charge is 0.132 e. The third kappa shape index (κ3) is 3.92. The van der Waals surface area contributed by atoms with Gasteiger partial charge in [-0.15, -0.1) is 0 Å². The lowest BCUT2D eigenvalue weighted by Gasteiger charge is -2.34. The Balaban J connectivity index is 1.49. The average molecular weight is 294 g/mol. The molecule has 22 heavy (non-hydrogen) atoms. The molecule has 0 atom stereocenters. The molecule has 0 bridgehead atoms. The molecule has 4 nitrogen and oxygen atoms in total. The van der Waals surface area contributed by atoms with Crippen molar-refractivity contribution in [3.63, 3.8) is 0 Å². The lowest BCUT2D eigenvalue weighted by atomic mass is 10.2. The van der Waals surface area contributed by atoms with Crippen molar-refractivity contribution >= 4 is 11.9 Å². The molecular formula is C18H22N4. The van der Waals surface area contributed by atoms with E-state index in [-0.39, 0.29) is 0 Å². The van der Waals surface area contributed by atoms with Crippen LogP contribution < -0.4 is 4.90 Å². The van der Waals surface area contributed by atoms with E-state index in [1.165, 1.54) is 5.56 Å². The summed E-state index contributed by atoms with van der Waals surface area (Å²) < 4.78 is 0. The van der Waals surface area contributed by atoms with Crippen LogP contribution in [0, 0.1) is 6.92 Å². The monoisotopic (exact) mass is 294 g/mol. The highest BCUT2D eigenvalue weighted by Gasteiger charge is 2.17. The average Bonchev–Trinajstić information content (AvgIpc) is 2.56. The first-order chi connectivity index (χ1) is 10.8. The summed E-state index contributed by atoms with van der Waals surface area (Å²) in [4.78, 5) is 13.3. The van der Waals surface area contributed by atoms with Crippen molar-refractivity contribution in [2.45, 2.75) is 6.92 Å². The summed E-state index contributed by atoms with van der Waals surface area (Å²) in [5, 5.41) is 0. The zero-order chi connectivity index (χ0) is 15.2. The van der Waals surface area contributed by atoms with Crippen molar-refractivity contribution in [2.75, 3.05) is 37.6 Å². The quantitative estimate of drug-likeness (QED) is 0.867. The number of benzene rings is 1. The Morgan fingerprint density at radius 1 is 1.05 bits per heavy atom. The number of aromatic nitrogens is 2. The molecule has 114 valence electrons. The standard InChI is InChI=1S/C18H22N4/c1-16-14-18(20-15-19-16)22-12-10-21(11-13-22)9-5-8-17-6-3-2-4-7-17/h2-8,14-15H,9-13H2,1H3. The van der Waals surface area contributed by atoms with Gasteiger partial charge in [-0.05, 0) is 12.5 Å². The molecule has 1 aromatic heterocycles. The Labute approximate surface area is 132 Å². The topological polar surface area (TPSA) is 32.3 Å². The van der Waals surface area contributed by atoms with Crippen molar-refractivity contribution in [2.24, 2.45) is 0 Å². The maximum absolute atomic E-state index is 4.37. The Morgan fingerprint density at radius 3 is 2.55 bits per heavy atom. The Morgan fingerprint density at radius 2 is 1.82 bits per heavy atom. The Kier molecular flexibility index (Phi) is 4.81. The number of anilines is 1. The van der Waals surface area contributed by atoms with Gasteiger partial charge < -0.3 is 4.90 Å². The Hall–Kier alpha value is -2.20. The molecule has 1 aromatic carbocycles. The van der Waals surface area contributed by atoms with Crippen LogP contribution in [0.15, 0.2) is 48.8 Å². The number of hydrogen-bond acceptors (Lipinski definition) is 4. The van der Waals surface area contributed by atoms with Crippen LogP contribution in [0.5, 0.6) is 0 Å². The van der Waals surface area contributed by atoms with Gasteiger partial charge in [0.25, 0.3) is 0 Å². The zero-order valence-electron chi connectivity index (χ0n) is 13.0. The summed E-state index contributed by atoms with van der Waals surface area (Å²) in [7, 11) is 0. The van der Waals surface area contributed by atoms with Crippen LogP contribution in [0.25, 0.3) is 6.08 Å². The fraction of sp³-hybridized carbons (Fsp3) is 0.333. The van der Waals surface area contributed by atoms with E-state index in [0.29, 0.717) is 0 Å². The summed E-state index contributed by atoms with van der Waals surface area (Å²) in [6.07, 6.45) is 6.10. The van der Waals surface area contributed by atoms with E-state index in [1.807, 2.05) is 13.0 Å². The fourth-order valence-corrected chi connectivity index (χ4v) is 2.67. The summed E-state index contributed by atoms with van der Waals surface area (Å²) in [6.45, 7) is 7.21. The van der Waals surface area contributed by atoms with Crippen LogP contribution >= 0.6 is 0 Å².